The van der Waals surface area contributed by atoms with E-state index >= 15 is 0 Å². The fourth-order valence-corrected chi connectivity index (χ4v) is 2.71. The van der Waals surface area contributed by atoms with Gasteiger partial charge < -0.3 is 10.1 Å². The zero-order valence-corrected chi connectivity index (χ0v) is 15.8. The van der Waals surface area contributed by atoms with Crippen LogP contribution in [0.1, 0.15) is 38.2 Å². The standard InChI is InChI=1S/C19H25N3O4/c1-11(2)10-22-18(24)14-9-7-6-8-13(14)16(21-22)17(23)20-15(12(3)4)19(25)26-5/h6-9,11-12,15H,10H2,1-5H3,(H,20,23). The Balaban J connectivity index is 2.53. The minimum Gasteiger partial charge on any atom is -0.467 e. The number of nitrogens with one attached hydrogen (secondary N) is 1. The van der Waals surface area contributed by atoms with E-state index < -0.39 is 17.9 Å². The van der Waals surface area contributed by atoms with Crippen LogP contribution in [0.5, 0.6) is 0 Å². The highest BCUT2D eigenvalue weighted by Gasteiger charge is 2.27. The zero-order valence-electron chi connectivity index (χ0n) is 15.8. The second-order valence-electron chi connectivity index (χ2n) is 6.99. The minimum atomic E-state index is -0.793. The number of esters is 1. The molecule has 0 fully saturated rings. The molecule has 7 heteroatoms. The van der Waals surface area contributed by atoms with Gasteiger partial charge in [0.2, 0.25) is 0 Å². The van der Waals surface area contributed by atoms with Gasteiger partial charge >= 0.3 is 5.97 Å². The molecule has 1 aromatic heterocycles. The fraction of sp³-hybridized carbons (Fsp3) is 0.474. The highest BCUT2D eigenvalue weighted by Crippen LogP contribution is 2.15. The summed E-state index contributed by atoms with van der Waals surface area (Å²) in [4.78, 5) is 37.4. The molecule has 0 spiro atoms. The van der Waals surface area contributed by atoms with Gasteiger partial charge in [-0.05, 0) is 17.9 Å². The van der Waals surface area contributed by atoms with Crippen molar-refractivity contribution < 1.29 is 14.3 Å². The molecule has 0 radical (unpaired) electrons. The molecule has 0 aliphatic carbocycles. The predicted octanol–water partition coefficient (Wildman–Crippen LogP) is 1.98. The Morgan fingerprint density at radius 1 is 1.15 bits per heavy atom. The molecule has 1 atom stereocenters. The lowest BCUT2D eigenvalue weighted by molar-refractivity contribution is -0.144. The number of carbonyl (C=O) groups is 2. The van der Waals surface area contributed by atoms with Crippen LogP contribution in [0.3, 0.4) is 0 Å². The lowest BCUT2D eigenvalue weighted by Gasteiger charge is -2.20. The fourth-order valence-electron chi connectivity index (χ4n) is 2.71. The van der Waals surface area contributed by atoms with Gasteiger partial charge in [0.15, 0.2) is 5.69 Å². The van der Waals surface area contributed by atoms with E-state index in [4.69, 9.17) is 4.74 Å². The first-order valence-electron chi connectivity index (χ1n) is 8.64. The maximum atomic E-state index is 12.8. The summed E-state index contributed by atoms with van der Waals surface area (Å²) in [5.74, 6) is -0.994. The van der Waals surface area contributed by atoms with E-state index in [9.17, 15) is 14.4 Å². The van der Waals surface area contributed by atoms with Crippen molar-refractivity contribution in [1.29, 1.82) is 0 Å². The Morgan fingerprint density at radius 3 is 2.31 bits per heavy atom. The van der Waals surface area contributed by atoms with Crippen molar-refractivity contribution >= 4 is 22.6 Å². The third-order valence-corrected chi connectivity index (χ3v) is 4.03. The molecule has 2 rings (SSSR count). The van der Waals surface area contributed by atoms with E-state index in [0.717, 1.165) is 0 Å². The monoisotopic (exact) mass is 359 g/mol. The van der Waals surface area contributed by atoms with E-state index in [0.29, 0.717) is 17.3 Å². The van der Waals surface area contributed by atoms with E-state index in [1.807, 2.05) is 27.7 Å². The van der Waals surface area contributed by atoms with Crippen molar-refractivity contribution in [3.05, 3.63) is 40.3 Å². The summed E-state index contributed by atoms with van der Waals surface area (Å²) >= 11 is 0. The average Bonchev–Trinajstić information content (AvgIpc) is 2.60. The molecular weight excluding hydrogens is 334 g/mol. The third kappa shape index (κ3) is 4.09. The first-order chi connectivity index (χ1) is 12.3. The summed E-state index contributed by atoms with van der Waals surface area (Å²) in [5.41, 5.74) is -0.116. The van der Waals surface area contributed by atoms with Gasteiger partial charge in [-0.3, -0.25) is 9.59 Å². The van der Waals surface area contributed by atoms with Crippen molar-refractivity contribution in [3.63, 3.8) is 0 Å². The molecule has 0 aliphatic rings. The Labute approximate surface area is 152 Å². The van der Waals surface area contributed by atoms with Gasteiger partial charge in [0.1, 0.15) is 6.04 Å². The van der Waals surface area contributed by atoms with Crippen LogP contribution in [0.2, 0.25) is 0 Å². The number of hydrogen-bond acceptors (Lipinski definition) is 5. The van der Waals surface area contributed by atoms with Crippen molar-refractivity contribution in [2.75, 3.05) is 7.11 Å². The molecule has 1 N–H and O–H groups in total. The molecule has 7 nitrogen and oxygen atoms in total. The van der Waals surface area contributed by atoms with Crippen LogP contribution in [0.25, 0.3) is 10.8 Å². The second kappa shape index (κ2) is 8.12. The average molecular weight is 359 g/mol. The molecule has 1 amide bonds. The van der Waals surface area contributed by atoms with Crippen LogP contribution >= 0.6 is 0 Å². The number of amides is 1. The van der Waals surface area contributed by atoms with E-state index in [1.165, 1.54) is 11.8 Å². The predicted molar refractivity (Wildman–Crippen MR) is 98.9 cm³/mol. The maximum absolute atomic E-state index is 12.8. The Morgan fingerprint density at radius 2 is 1.77 bits per heavy atom. The Kier molecular flexibility index (Phi) is 6.13. The first-order valence-corrected chi connectivity index (χ1v) is 8.64. The van der Waals surface area contributed by atoms with Crippen molar-refractivity contribution in [2.24, 2.45) is 11.8 Å². The van der Waals surface area contributed by atoms with Gasteiger partial charge in [-0.25, -0.2) is 9.48 Å². The summed E-state index contributed by atoms with van der Waals surface area (Å²) in [5, 5.41) is 7.85. The number of methoxy groups -OCH3 is 1. The molecule has 26 heavy (non-hydrogen) atoms. The zero-order chi connectivity index (χ0) is 19.4. The highest BCUT2D eigenvalue weighted by atomic mass is 16.5. The first kappa shape index (κ1) is 19.6. The maximum Gasteiger partial charge on any atom is 0.328 e. The summed E-state index contributed by atoms with van der Waals surface area (Å²) in [6.07, 6.45) is 0. The van der Waals surface area contributed by atoms with Crippen molar-refractivity contribution in [3.8, 4) is 0 Å². The second-order valence-corrected chi connectivity index (χ2v) is 6.99. The number of benzene rings is 1. The number of ether oxygens (including phenoxy) is 1. The van der Waals surface area contributed by atoms with Gasteiger partial charge in [-0.1, -0.05) is 45.9 Å². The smallest absolute Gasteiger partial charge is 0.328 e. The third-order valence-electron chi connectivity index (χ3n) is 4.03. The van der Waals surface area contributed by atoms with E-state index in [-0.39, 0.29) is 23.1 Å². The number of fused-ring (bicyclic) bond motifs is 1. The number of aromatic nitrogens is 2. The number of rotatable bonds is 6. The topological polar surface area (TPSA) is 90.3 Å². The molecule has 1 heterocycles. The number of nitrogens with zero attached hydrogens (tertiary/aromatic N) is 2. The summed E-state index contributed by atoms with van der Waals surface area (Å²) in [6.45, 7) is 7.96. The molecule has 0 saturated heterocycles. The van der Waals surface area contributed by atoms with Crippen molar-refractivity contribution in [2.45, 2.75) is 40.3 Å². The van der Waals surface area contributed by atoms with E-state index in [1.54, 1.807) is 24.3 Å². The van der Waals surface area contributed by atoms with Crippen LogP contribution in [0, 0.1) is 11.8 Å². The highest BCUT2D eigenvalue weighted by molar-refractivity contribution is 6.05. The minimum absolute atomic E-state index is 0.121. The Hall–Kier alpha value is -2.70. The lowest BCUT2D eigenvalue weighted by atomic mass is 10.0. The van der Waals surface area contributed by atoms with Gasteiger partial charge in [-0.15, -0.1) is 0 Å². The molecule has 0 saturated carbocycles. The van der Waals surface area contributed by atoms with E-state index in [2.05, 4.69) is 10.4 Å². The molecule has 1 aromatic carbocycles. The quantitative estimate of drug-likeness (QED) is 0.797. The molecule has 0 aliphatic heterocycles. The van der Waals surface area contributed by atoms with Crippen LogP contribution < -0.4 is 10.9 Å². The van der Waals surface area contributed by atoms with Gasteiger partial charge in [0, 0.05) is 11.9 Å². The normalized spacial score (nSPS) is 12.4. The summed E-state index contributed by atoms with van der Waals surface area (Å²) < 4.78 is 6.07. The number of hydrogen-bond donors (Lipinski definition) is 1. The summed E-state index contributed by atoms with van der Waals surface area (Å²) in [7, 11) is 1.28. The number of carbonyl (C=O) groups excluding carboxylic acids is 2. The summed E-state index contributed by atoms with van der Waals surface area (Å²) in [6, 6.07) is 6.05. The molecule has 140 valence electrons. The molecule has 0 bridgehead atoms. The van der Waals surface area contributed by atoms with Gasteiger partial charge in [0.25, 0.3) is 11.5 Å². The van der Waals surface area contributed by atoms with Crippen LogP contribution in [0.4, 0.5) is 0 Å². The molecule has 2 aromatic rings. The van der Waals surface area contributed by atoms with Crippen LogP contribution in [-0.4, -0.2) is 34.8 Å². The lowest BCUT2D eigenvalue weighted by Crippen LogP contribution is -2.45. The van der Waals surface area contributed by atoms with Gasteiger partial charge in [-0.2, -0.15) is 5.10 Å². The largest absolute Gasteiger partial charge is 0.467 e. The van der Waals surface area contributed by atoms with Gasteiger partial charge in [0.05, 0.1) is 12.5 Å². The van der Waals surface area contributed by atoms with Crippen LogP contribution in [0.15, 0.2) is 29.1 Å². The molecular formula is C19H25N3O4. The Bertz CT molecular complexity index is 871. The SMILES string of the molecule is COC(=O)C(NC(=O)c1nn(CC(C)C)c(=O)c2ccccc12)C(C)C. The van der Waals surface area contributed by atoms with Crippen molar-refractivity contribution in [1.82, 2.24) is 15.1 Å². The van der Waals surface area contributed by atoms with Crippen LogP contribution in [-0.2, 0) is 16.1 Å². The molecule has 1 unspecified atom stereocenters.